The van der Waals surface area contributed by atoms with Crippen LogP contribution in [0.2, 0.25) is 0 Å². The highest BCUT2D eigenvalue weighted by molar-refractivity contribution is 7.92. The normalized spacial score (nSPS) is 25.9. The molecule has 5 nitrogen and oxygen atoms in total. The van der Waals surface area contributed by atoms with Crippen molar-refractivity contribution in [2.45, 2.75) is 17.4 Å². The molecule has 0 aliphatic carbocycles. The van der Waals surface area contributed by atoms with Crippen molar-refractivity contribution in [3.63, 3.8) is 0 Å². The molecule has 1 fully saturated rings. The van der Waals surface area contributed by atoms with Crippen molar-refractivity contribution >= 4 is 9.84 Å². The van der Waals surface area contributed by atoms with E-state index in [1.807, 2.05) is 0 Å². The van der Waals surface area contributed by atoms with Crippen LogP contribution in [-0.2, 0) is 24.7 Å². The molecule has 78 valence electrons. The van der Waals surface area contributed by atoms with Crippen LogP contribution in [0.1, 0.15) is 6.42 Å². The Kier molecular flexibility index (Phi) is 2.80. The van der Waals surface area contributed by atoms with E-state index in [4.69, 9.17) is 0 Å². The fourth-order valence-electron chi connectivity index (χ4n) is 0.654. The van der Waals surface area contributed by atoms with Crippen molar-refractivity contribution in [1.29, 1.82) is 0 Å². The zero-order chi connectivity index (χ0) is 10.1. The van der Waals surface area contributed by atoms with Gasteiger partial charge in [-0.05, 0) is 0 Å². The van der Waals surface area contributed by atoms with E-state index < -0.39 is 27.2 Å². The van der Waals surface area contributed by atoms with Crippen molar-refractivity contribution in [2.75, 3.05) is 6.61 Å². The van der Waals surface area contributed by atoms with Crippen LogP contribution in [0, 0.1) is 0 Å². The predicted octanol–water partition coefficient (Wildman–Crippen LogP) is 0.531. The molecule has 1 atom stereocenters. The third kappa shape index (κ3) is 2.10. The van der Waals surface area contributed by atoms with Gasteiger partial charge in [0.15, 0.2) is 0 Å². The van der Waals surface area contributed by atoms with Crippen LogP contribution >= 0.6 is 0 Å². The van der Waals surface area contributed by atoms with Gasteiger partial charge < -0.3 is 0 Å². The Morgan fingerprint density at radius 1 is 1.31 bits per heavy atom. The largest absolute Gasteiger partial charge is 0.500 e. The Balaban J connectivity index is 2.80. The Morgan fingerprint density at radius 2 is 1.92 bits per heavy atom. The maximum absolute atomic E-state index is 11.9. The molecule has 1 aliphatic rings. The summed E-state index contributed by atoms with van der Waals surface area (Å²) < 4.78 is 56.8. The van der Waals surface area contributed by atoms with Gasteiger partial charge in [-0.15, -0.1) is 0 Å². The standard InChI is InChI=1S/C4H5F3O5S/c5-4(6,7)13(8,9)3-1-2-10-12-11-3/h3H,1-2H2. The summed E-state index contributed by atoms with van der Waals surface area (Å²) in [7, 11) is -5.33. The molecule has 0 radical (unpaired) electrons. The summed E-state index contributed by atoms with van der Waals surface area (Å²) in [6, 6.07) is 0. The summed E-state index contributed by atoms with van der Waals surface area (Å²) in [5.74, 6) is 0. The first kappa shape index (κ1) is 10.7. The first-order valence-electron chi connectivity index (χ1n) is 3.11. The third-order valence-electron chi connectivity index (χ3n) is 1.30. The van der Waals surface area contributed by atoms with E-state index >= 15 is 0 Å². The monoisotopic (exact) mass is 222 g/mol. The molecule has 1 rings (SSSR count). The molecule has 1 heterocycles. The summed E-state index contributed by atoms with van der Waals surface area (Å²) in [5.41, 5.74) is -7.38. The second-order valence-electron chi connectivity index (χ2n) is 2.20. The SMILES string of the molecule is O=S(=O)(C1CCOOO1)C(F)(F)F. The van der Waals surface area contributed by atoms with E-state index in [9.17, 15) is 21.6 Å². The van der Waals surface area contributed by atoms with Gasteiger partial charge in [0, 0.05) is 6.42 Å². The smallest absolute Gasteiger partial charge is 0.217 e. The van der Waals surface area contributed by atoms with E-state index in [0.29, 0.717) is 0 Å². The molecule has 9 heteroatoms. The molecule has 1 aliphatic heterocycles. The summed E-state index contributed by atoms with van der Waals surface area (Å²) in [5, 5.41) is 3.68. The first-order chi connectivity index (χ1) is 5.86. The van der Waals surface area contributed by atoms with E-state index in [1.54, 1.807) is 0 Å². The lowest BCUT2D eigenvalue weighted by atomic mass is 10.5. The molecule has 0 saturated carbocycles. The van der Waals surface area contributed by atoms with E-state index in [0.717, 1.165) is 0 Å². The maximum Gasteiger partial charge on any atom is 0.500 e. The molecule has 0 aromatic carbocycles. The van der Waals surface area contributed by atoms with Crippen molar-refractivity contribution in [1.82, 2.24) is 0 Å². The van der Waals surface area contributed by atoms with Crippen LogP contribution in [-0.4, -0.2) is 26.0 Å². The molecule has 0 N–H and O–H groups in total. The molecule has 0 aromatic rings. The highest BCUT2D eigenvalue weighted by Gasteiger charge is 2.52. The Labute approximate surface area is 71.1 Å². The highest BCUT2D eigenvalue weighted by atomic mass is 32.2. The zero-order valence-corrected chi connectivity index (χ0v) is 6.89. The number of hydrogen-bond donors (Lipinski definition) is 0. The van der Waals surface area contributed by atoms with Crippen LogP contribution in [0.15, 0.2) is 0 Å². The molecule has 0 spiro atoms. The van der Waals surface area contributed by atoms with Crippen LogP contribution in [0.4, 0.5) is 13.2 Å². The maximum atomic E-state index is 11.9. The average molecular weight is 222 g/mol. The van der Waals surface area contributed by atoms with Crippen LogP contribution in [0.25, 0.3) is 0 Å². The van der Waals surface area contributed by atoms with E-state index in [-0.39, 0.29) is 6.61 Å². The molecule has 1 unspecified atom stereocenters. The molecular weight excluding hydrogens is 217 g/mol. The van der Waals surface area contributed by atoms with Crippen LogP contribution in [0.3, 0.4) is 0 Å². The molecule has 13 heavy (non-hydrogen) atoms. The number of alkyl halides is 3. The van der Waals surface area contributed by atoms with E-state index in [1.165, 1.54) is 0 Å². The molecular formula is C4H5F3O5S. The zero-order valence-electron chi connectivity index (χ0n) is 6.07. The number of hydrogen-bond acceptors (Lipinski definition) is 5. The summed E-state index contributed by atoms with van der Waals surface area (Å²) in [6.45, 7) is -0.264. The van der Waals surface area contributed by atoms with Gasteiger partial charge in [0.2, 0.25) is 5.44 Å². The lowest BCUT2D eigenvalue weighted by Gasteiger charge is -2.20. The topological polar surface area (TPSA) is 61.8 Å². The third-order valence-corrected chi connectivity index (χ3v) is 2.95. The minimum absolute atomic E-state index is 0.264. The van der Waals surface area contributed by atoms with Gasteiger partial charge in [0.1, 0.15) is 0 Å². The number of rotatable bonds is 1. The summed E-state index contributed by atoms with van der Waals surface area (Å²) in [4.78, 5) is 7.89. The van der Waals surface area contributed by atoms with Gasteiger partial charge >= 0.3 is 5.51 Å². The van der Waals surface area contributed by atoms with E-state index in [2.05, 4.69) is 14.8 Å². The van der Waals surface area contributed by atoms with Gasteiger partial charge in [-0.25, -0.2) is 13.3 Å². The first-order valence-corrected chi connectivity index (χ1v) is 4.65. The molecule has 0 aromatic heterocycles. The fraction of sp³-hybridized carbons (Fsp3) is 1.00. The average Bonchev–Trinajstić information content (AvgIpc) is 2.04. The summed E-state index contributed by atoms with van der Waals surface area (Å²) in [6.07, 6.45) is -0.415. The van der Waals surface area contributed by atoms with Gasteiger partial charge in [-0.2, -0.15) is 18.1 Å². The van der Waals surface area contributed by atoms with Crippen molar-refractivity contribution in [3.8, 4) is 0 Å². The van der Waals surface area contributed by atoms with Crippen molar-refractivity contribution in [3.05, 3.63) is 0 Å². The van der Waals surface area contributed by atoms with Gasteiger partial charge in [0.05, 0.1) is 6.61 Å². The Bertz CT molecular complexity index is 264. The van der Waals surface area contributed by atoms with Crippen LogP contribution in [0.5, 0.6) is 0 Å². The quantitative estimate of drug-likeness (QED) is 0.605. The molecule has 0 bridgehead atoms. The minimum atomic E-state index is -5.33. The van der Waals surface area contributed by atoms with Crippen LogP contribution < -0.4 is 0 Å². The summed E-state index contributed by atoms with van der Waals surface area (Å²) >= 11 is 0. The highest BCUT2D eigenvalue weighted by Crippen LogP contribution is 2.30. The van der Waals surface area contributed by atoms with Gasteiger partial charge in [-0.1, -0.05) is 5.04 Å². The number of halogens is 3. The Hall–Kier alpha value is -0.380. The predicted molar refractivity (Wildman–Crippen MR) is 31.5 cm³/mol. The fourth-order valence-corrected chi connectivity index (χ4v) is 1.49. The number of sulfone groups is 1. The van der Waals surface area contributed by atoms with Gasteiger partial charge in [0.25, 0.3) is 9.84 Å². The second kappa shape index (κ2) is 3.40. The lowest BCUT2D eigenvalue weighted by molar-refractivity contribution is -0.539. The Morgan fingerprint density at radius 3 is 2.31 bits per heavy atom. The lowest BCUT2D eigenvalue weighted by Crippen LogP contribution is -2.38. The molecule has 0 amide bonds. The van der Waals surface area contributed by atoms with Crippen molar-refractivity contribution in [2.24, 2.45) is 0 Å². The minimum Gasteiger partial charge on any atom is -0.217 e. The second-order valence-corrected chi connectivity index (χ2v) is 4.27. The van der Waals surface area contributed by atoms with Gasteiger partial charge in [-0.3, -0.25) is 0 Å². The molecule has 1 saturated heterocycles. The van der Waals surface area contributed by atoms with Crippen molar-refractivity contribution < 1.29 is 36.4 Å².